The summed E-state index contributed by atoms with van der Waals surface area (Å²) in [4.78, 5) is 0.979. The van der Waals surface area contributed by atoms with Gasteiger partial charge in [-0.1, -0.05) is 43.3 Å². The van der Waals surface area contributed by atoms with E-state index in [2.05, 4.69) is 13.0 Å². The molecule has 0 heterocycles. The molecule has 0 aliphatic carbocycles. The van der Waals surface area contributed by atoms with Crippen LogP contribution in [0.25, 0.3) is 0 Å². The standard InChI is InChI=1S/C17H17NOS/c1-3-20-17-11-7-10-16(15(17)12-18)19-13(2)14-8-5-4-6-9-14/h4-11,13H,3H2,1-2H3. The maximum atomic E-state index is 9.37. The molecule has 2 rings (SSSR count). The number of hydrogen-bond donors (Lipinski definition) is 0. The third-order valence-electron chi connectivity index (χ3n) is 2.97. The molecule has 2 nitrogen and oxygen atoms in total. The fourth-order valence-electron chi connectivity index (χ4n) is 1.98. The van der Waals surface area contributed by atoms with Gasteiger partial charge in [-0.3, -0.25) is 0 Å². The minimum absolute atomic E-state index is 0.0785. The highest BCUT2D eigenvalue weighted by atomic mass is 32.2. The van der Waals surface area contributed by atoms with E-state index in [-0.39, 0.29) is 6.10 Å². The maximum Gasteiger partial charge on any atom is 0.139 e. The molecular weight excluding hydrogens is 266 g/mol. The van der Waals surface area contributed by atoms with Crippen LogP contribution in [0.5, 0.6) is 5.75 Å². The molecule has 20 heavy (non-hydrogen) atoms. The lowest BCUT2D eigenvalue weighted by Gasteiger charge is -2.17. The van der Waals surface area contributed by atoms with Gasteiger partial charge in [-0.05, 0) is 30.4 Å². The van der Waals surface area contributed by atoms with Crippen molar-refractivity contribution in [2.75, 3.05) is 5.75 Å². The summed E-state index contributed by atoms with van der Waals surface area (Å²) in [5.74, 6) is 1.59. The number of benzene rings is 2. The van der Waals surface area contributed by atoms with Gasteiger partial charge in [0.1, 0.15) is 23.5 Å². The molecule has 0 aliphatic rings. The Bertz CT molecular complexity index is 604. The molecule has 0 aromatic heterocycles. The minimum Gasteiger partial charge on any atom is -0.485 e. The lowest BCUT2D eigenvalue weighted by molar-refractivity contribution is 0.225. The Kier molecular flexibility index (Phi) is 5.09. The van der Waals surface area contributed by atoms with E-state index < -0.39 is 0 Å². The van der Waals surface area contributed by atoms with E-state index in [0.29, 0.717) is 11.3 Å². The van der Waals surface area contributed by atoms with Crippen molar-refractivity contribution in [3.63, 3.8) is 0 Å². The smallest absolute Gasteiger partial charge is 0.139 e. The fourth-order valence-corrected chi connectivity index (χ4v) is 2.75. The molecular formula is C17H17NOS. The third kappa shape index (κ3) is 3.34. The summed E-state index contributed by atoms with van der Waals surface area (Å²) in [6, 6.07) is 18.0. The summed E-state index contributed by atoms with van der Waals surface area (Å²) in [5.41, 5.74) is 1.73. The monoisotopic (exact) mass is 283 g/mol. The highest BCUT2D eigenvalue weighted by Crippen LogP contribution is 2.32. The van der Waals surface area contributed by atoms with Crippen LogP contribution in [-0.4, -0.2) is 5.75 Å². The second kappa shape index (κ2) is 7.02. The Labute approximate surface area is 124 Å². The molecule has 3 heteroatoms. The van der Waals surface area contributed by atoms with Gasteiger partial charge in [0.15, 0.2) is 0 Å². The molecule has 1 unspecified atom stereocenters. The van der Waals surface area contributed by atoms with E-state index in [9.17, 15) is 5.26 Å². The van der Waals surface area contributed by atoms with E-state index in [4.69, 9.17) is 4.74 Å². The number of hydrogen-bond acceptors (Lipinski definition) is 3. The van der Waals surface area contributed by atoms with E-state index >= 15 is 0 Å². The first kappa shape index (κ1) is 14.5. The van der Waals surface area contributed by atoms with Crippen LogP contribution in [0, 0.1) is 11.3 Å². The normalized spacial score (nSPS) is 11.7. The van der Waals surface area contributed by atoms with Crippen LogP contribution in [0.3, 0.4) is 0 Å². The average Bonchev–Trinajstić information content (AvgIpc) is 2.49. The van der Waals surface area contributed by atoms with Crippen LogP contribution in [0.1, 0.15) is 31.1 Å². The highest BCUT2D eigenvalue weighted by molar-refractivity contribution is 7.99. The van der Waals surface area contributed by atoms with Gasteiger partial charge in [0.2, 0.25) is 0 Å². The lowest BCUT2D eigenvalue weighted by atomic mass is 10.1. The number of rotatable bonds is 5. The molecule has 2 aromatic carbocycles. The lowest BCUT2D eigenvalue weighted by Crippen LogP contribution is -2.04. The van der Waals surface area contributed by atoms with Crippen molar-refractivity contribution in [2.45, 2.75) is 24.8 Å². The SMILES string of the molecule is CCSc1cccc(OC(C)c2ccccc2)c1C#N. The first-order valence-corrected chi connectivity index (χ1v) is 7.62. The molecule has 0 saturated carbocycles. The summed E-state index contributed by atoms with van der Waals surface area (Å²) in [7, 11) is 0. The van der Waals surface area contributed by atoms with Crippen LogP contribution in [0.4, 0.5) is 0 Å². The molecule has 0 N–H and O–H groups in total. The van der Waals surface area contributed by atoms with Gasteiger partial charge in [0, 0.05) is 4.90 Å². The van der Waals surface area contributed by atoms with Gasteiger partial charge in [0.05, 0.1) is 0 Å². The van der Waals surface area contributed by atoms with Crippen LogP contribution < -0.4 is 4.74 Å². The Morgan fingerprint density at radius 3 is 2.55 bits per heavy atom. The van der Waals surface area contributed by atoms with Gasteiger partial charge in [-0.2, -0.15) is 5.26 Å². The number of thioether (sulfide) groups is 1. The van der Waals surface area contributed by atoms with Gasteiger partial charge in [-0.15, -0.1) is 11.8 Å². The zero-order chi connectivity index (χ0) is 14.4. The summed E-state index contributed by atoms with van der Waals surface area (Å²) >= 11 is 1.66. The van der Waals surface area contributed by atoms with Crippen LogP contribution in [0.15, 0.2) is 53.4 Å². The van der Waals surface area contributed by atoms with Crippen molar-refractivity contribution < 1.29 is 4.74 Å². The fraction of sp³-hybridized carbons (Fsp3) is 0.235. The number of nitrogens with zero attached hydrogens (tertiary/aromatic N) is 1. The first-order valence-electron chi connectivity index (χ1n) is 6.63. The molecule has 0 spiro atoms. The second-order valence-corrected chi connectivity index (χ2v) is 5.65. The topological polar surface area (TPSA) is 33.0 Å². The molecule has 2 aromatic rings. The quantitative estimate of drug-likeness (QED) is 0.738. The van der Waals surface area contributed by atoms with Crippen molar-refractivity contribution in [1.82, 2.24) is 0 Å². The van der Waals surface area contributed by atoms with Crippen molar-refractivity contribution >= 4 is 11.8 Å². The minimum atomic E-state index is -0.0785. The summed E-state index contributed by atoms with van der Waals surface area (Å²) in [6.45, 7) is 4.07. The van der Waals surface area contributed by atoms with E-state index in [1.807, 2.05) is 55.5 Å². The summed E-state index contributed by atoms with van der Waals surface area (Å²) in [6.07, 6.45) is -0.0785. The third-order valence-corrected chi connectivity index (χ3v) is 3.91. The predicted molar refractivity (Wildman–Crippen MR) is 83.0 cm³/mol. The maximum absolute atomic E-state index is 9.37. The molecule has 0 fully saturated rings. The zero-order valence-corrected chi connectivity index (χ0v) is 12.5. The van der Waals surface area contributed by atoms with Gasteiger partial charge in [0.25, 0.3) is 0 Å². The molecule has 1 atom stereocenters. The molecule has 0 amide bonds. The van der Waals surface area contributed by atoms with Gasteiger partial charge >= 0.3 is 0 Å². The highest BCUT2D eigenvalue weighted by Gasteiger charge is 2.13. The van der Waals surface area contributed by atoms with Gasteiger partial charge < -0.3 is 4.74 Å². The van der Waals surface area contributed by atoms with Crippen LogP contribution in [0.2, 0.25) is 0 Å². The number of ether oxygens (including phenoxy) is 1. The van der Waals surface area contributed by atoms with Crippen molar-refractivity contribution in [3.05, 3.63) is 59.7 Å². The first-order chi connectivity index (χ1) is 9.76. The summed E-state index contributed by atoms with van der Waals surface area (Å²) < 4.78 is 5.97. The molecule has 0 aliphatic heterocycles. The molecule has 0 bridgehead atoms. The summed E-state index contributed by atoms with van der Waals surface area (Å²) in [5, 5.41) is 9.37. The molecule has 0 saturated heterocycles. The van der Waals surface area contributed by atoms with E-state index in [0.717, 1.165) is 16.2 Å². The van der Waals surface area contributed by atoms with Gasteiger partial charge in [-0.25, -0.2) is 0 Å². The molecule has 0 radical (unpaired) electrons. The Hall–Kier alpha value is -1.92. The Balaban J connectivity index is 2.25. The largest absolute Gasteiger partial charge is 0.485 e. The average molecular weight is 283 g/mol. The zero-order valence-electron chi connectivity index (χ0n) is 11.7. The van der Waals surface area contributed by atoms with Crippen molar-refractivity contribution in [2.24, 2.45) is 0 Å². The van der Waals surface area contributed by atoms with Crippen LogP contribution >= 0.6 is 11.8 Å². The Morgan fingerprint density at radius 1 is 1.15 bits per heavy atom. The molecule has 102 valence electrons. The predicted octanol–water partition coefficient (Wildman–Crippen LogP) is 4.81. The van der Waals surface area contributed by atoms with Crippen molar-refractivity contribution in [3.8, 4) is 11.8 Å². The number of nitriles is 1. The second-order valence-electron chi connectivity index (χ2n) is 4.34. The van der Waals surface area contributed by atoms with Crippen molar-refractivity contribution in [1.29, 1.82) is 5.26 Å². The Morgan fingerprint density at radius 2 is 1.90 bits per heavy atom. The van der Waals surface area contributed by atoms with Crippen LogP contribution in [-0.2, 0) is 0 Å². The van der Waals surface area contributed by atoms with E-state index in [1.54, 1.807) is 11.8 Å². The van der Waals surface area contributed by atoms with E-state index in [1.165, 1.54) is 0 Å².